The van der Waals surface area contributed by atoms with E-state index >= 15 is 0 Å². The number of morpholine rings is 1. The first-order valence-electron chi connectivity index (χ1n) is 12.7. The van der Waals surface area contributed by atoms with Crippen LogP contribution in [0.3, 0.4) is 0 Å². The maximum Gasteiger partial charge on any atom is 0.273 e. The zero-order valence-electron chi connectivity index (χ0n) is 21.3. The number of ether oxygens (including phenoxy) is 1. The van der Waals surface area contributed by atoms with Crippen molar-refractivity contribution in [1.82, 2.24) is 19.3 Å². The third-order valence-electron chi connectivity index (χ3n) is 6.51. The van der Waals surface area contributed by atoms with E-state index < -0.39 is 0 Å². The van der Waals surface area contributed by atoms with E-state index in [0.717, 1.165) is 5.69 Å². The van der Waals surface area contributed by atoms with Gasteiger partial charge < -0.3 is 9.64 Å². The molecule has 0 spiro atoms. The molecule has 0 saturated carbocycles. The van der Waals surface area contributed by atoms with Crippen molar-refractivity contribution in [2.75, 3.05) is 31.2 Å². The molecule has 0 amide bonds. The van der Waals surface area contributed by atoms with Gasteiger partial charge in [0.1, 0.15) is 22.1 Å². The summed E-state index contributed by atoms with van der Waals surface area (Å²) in [6, 6.07) is 27.0. The van der Waals surface area contributed by atoms with Crippen molar-refractivity contribution < 1.29 is 9.13 Å². The lowest BCUT2D eigenvalue weighted by atomic mass is 10.2. The van der Waals surface area contributed by atoms with Gasteiger partial charge in [-0.2, -0.15) is 5.26 Å². The Balaban J connectivity index is 1.66. The molecule has 0 bridgehead atoms. The molecule has 0 unspecified atom stereocenters. The lowest BCUT2D eigenvalue weighted by molar-refractivity contribution is 0.122. The van der Waals surface area contributed by atoms with Gasteiger partial charge in [-0.05, 0) is 48.0 Å². The number of hydrogen-bond donors (Lipinski definition) is 0. The summed E-state index contributed by atoms with van der Waals surface area (Å²) in [7, 11) is 0. The number of nitrogens with zero attached hydrogens (tertiary/aromatic N) is 6. The van der Waals surface area contributed by atoms with Gasteiger partial charge in [-0.25, -0.2) is 4.39 Å². The van der Waals surface area contributed by atoms with E-state index in [0.29, 0.717) is 58.5 Å². The number of benzene rings is 3. The molecule has 1 saturated heterocycles. The number of aromatic nitrogens is 4. The van der Waals surface area contributed by atoms with E-state index in [-0.39, 0.29) is 16.9 Å². The monoisotopic (exact) mass is 550 g/mol. The fraction of sp³-hybridized carbons (Fsp3) is 0.133. The molecule has 40 heavy (non-hydrogen) atoms. The van der Waals surface area contributed by atoms with Crippen molar-refractivity contribution in [3.63, 3.8) is 0 Å². The predicted molar refractivity (Wildman–Crippen MR) is 152 cm³/mol. The summed E-state index contributed by atoms with van der Waals surface area (Å²) in [5, 5.41) is 19.5. The molecule has 0 radical (unpaired) electrons. The van der Waals surface area contributed by atoms with Crippen molar-refractivity contribution in [2.45, 2.75) is 0 Å². The quantitative estimate of drug-likeness (QED) is 0.334. The van der Waals surface area contributed by atoms with Gasteiger partial charge in [0.2, 0.25) is 5.95 Å². The second kappa shape index (κ2) is 11.1. The highest BCUT2D eigenvalue weighted by atomic mass is 32.1. The van der Waals surface area contributed by atoms with Gasteiger partial charge in [0.25, 0.3) is 5.56 Å². The van der Waals surface area contributed by atoms with Gasteiger partial charge in [0, 0.05) is 13.1 Å². The Morgan fingerprint density at radius 1 is 0.900 bits per heavy atom. The van der Waals surface area contributed by atoms with Gasteiger partial charge in [0.05, 0.1) is 29.1 Å². The highest BCUT2D eigenvalue weighted by Crippen LogP contribution is 2.24. The Kier molecular flexibility index (Phi) is 7.06. The summed E-state index contributed by atoms with van der Waals surface area (Å²) in [6.45, 7) is 2.40. The SMILES string of the molecule is N#CC(c1nnc(N2CCOCC2)n1-c1ccccc1)=c1sc(=Cc2ccc(F)cc2)c(=O)n1-c1ccccc1. The molecule has 6 rings (SSSR count). The van der Waals surface area contributed by atoms with E-state index in [4.69, 9.17) is 4.74 Å². The Hall–Kier alpha value is -4.85. The lowest BCUT2D eigenvalue weighted by Crippen LogP contribution is -2.38. The Labute approximate surface area is 232 Å². The molecule has 1 aliphatic rings. The molecule has 0 N–H and O–H groups in total. The zero-order chi connectivity index (χ0) is 27.5. The number of rotatable bonds is 5. The molecular formula is C30H23FN6O2S. The minimum Gasteiger partial charge on any atom is -0.378 e. The fourth-order valence-corrected chi connectivity index (χ4v) is 5.69. The van der Waals surface area contributed by atoms with Crippen molar-refractivity contribution in [1.29, 1.82) is 5.26 Å². The highest BCUT2D eigenvalue weighted by molar-refractivity contribution is 7.07. The van der Waals surface area contributed by atoms with Gasteiger partial charge in [0.15, 0.2) is 5.82 Å². The van der Waals surface area contributed by atoms with Gasteiger partial charge in [-0.3, -0.25) is 13.9 Å². The number of thiazole rings is 1. The summed E-state index contributed by atoms with van der Waals surface area (Å²) in [5.41, 5.74) is 2.00. The third kappa shape index (κ3) is 4.84. The minimum atomic E-state index is -0.359. The first kappa shape index (κ1) is 25.4. The molecular weight excluding hydrogens is 527 g/mol. The van der Waals surface area contributed by atoms with Crippen LogP contribution in [0.15, 0.2) is 89.7 Å². The van der Waals surface area contributed by atoms with Crippen LogP contribution in [-0.4, -0.2) is 45.6 Å². The van der Waals surface area contributed by atoms with Crippen LogP contribution in [0.5, 0.6) is 0 Å². The summed E-state index contributed by atoms with van der Waals surface area (Å²) in [5.74, 6) is 0.567. The van der Waals surface area contributed by atoms with Crippen molar-refractivity contribution in [3.8, 4) is 17.4 Å². The van der Waals surface area contributed by atoms with Crippen LogP contribution in [0.2, 0.25) is 0 Å². The van der Waals surface area contributed by atoms with Crippen LogP contribution >= 0.6 is 11.3 Å². The van der Waals surface area contributed by atoms with E-state index in [1.807, 2.05) is 65.2 Å². The smallest absolute Gasteiger partial charge is 0.273 e. The number of halogens is 1. The summed E-state index contributed by atoms with van der Waals surface area (Å²) in [6.07, 6.45) is 1.70. The molecule has 10 heteroatoms. The number of anilines is 1. The van der Waals surface area contributed by atoms with Gasteiger partial charge in [-0.15, -0.1) is 21.5 Å². The van der Waals surface area contributed by atoms with Crippen LogP contribution in [0.25, 0.3) is 23.0 Å². The molecule has 8 nitrogen and oxygen atoms in total. The Morgan fingerprint density at radius 3 is 2.15 bits per heavy atom. The summed E-state index contributed by atoms with van der Waals surface area (Å²) >= 11 is 1.18. The maximum absolute atomic E-state index is 13.8. The molecule has 198 valence electrons. The summed E-state index contributed by atoms with van der Waals surface area (Å²) in [4.78, 5) is 15.9. The van der Waals surface area contributed by atoms with E-state index in [1.165, 1.54) is 28.0 Å². The van der Waals surface area contributed by atoms with Crippen molar-refractivity contribution >= 4 is 28.9 Å². The molecule has 3 aromatic carbocycles. The van der Waals surface area contributed by atoms with Crippen LogP contribution in [0.1, 0.15) is 11.4 Å². The summed E-state index contributed by atoms with van der Waals surface area (Å²) < 4.78 is 23.2. The fourth-order valence-electron chi connectivity index (χ4n) is 4.59. The third-order valence-corrected chi connectivity index (χ3v) is 7.60. The standard InChI is InChI=1S/C30H23FN6O2S/c31-22-13-11-21(12-14-22)19-26-28(38)37(24-9-5-2-6-10-24)29(40-26)25(20-32)27-33-34-30(35-15-17-39-18-16-35)36(27)23-7-3-1-4-8-23/h1-14,19H,15-18H2. The molecule has 1 fully saturated rings. The second-order valence-corrected chi connectivity index (χ2v) is 10.1. The molecule has 5 aromatic rings. The molecule has 3 heterocycles. The molecule has 2 aromatic heterocycles. The van der Waals surface area contributed by atoms with E-state index in [9.17, 15) is 14.4 Å². The molecule has 0 atom stereocenters. The maximum atomic E-state index is 13.8. The first-order valence-corrected chi connectivity index (χ1v) is 13.5. The van der Waals surface area contributed by atoms with E-state index in [1.54, 1.807) is 18.2 Å². The number of hydrogen-bond acceptors (Lipinski definition) is 7. The van der Waals surface area contributed by atoms with Crippen LogP contribution in [0, 0.1) is 17.1 Å². The largest absolute Gasteiger partial charge is 0.378 e. The van der Waals surface area contributed by atoms with Crippen LogP contribution in [0.4, 0.5) is 10.3 Å². The average molecular weight is 551 g/mol. The van der Waals surface area contributed by atoms with Crippen LogP contribution in [-0.2, 0) is 4.74 Å². The average Bonchev–Trinajstić information content (AvgIpc) is 3.58. The first-order chi connectivity index (χ1) is 19.6. The normalized spacial score (nSPS) is 14.7. The molecule has 1 aliphatic heterocycles. The minimum absolute atomic E-state index is 0.209. The van der Waals surface area contributed by atoms with Crippen LogP contribution < -0.4 is 19.7 Å². The zero-order valence-corrected chi connectivity index (χ0v) is 22.1. The highest BCUT2D eigenvalue weighted by Gasteiger charge is 2.25. The Morgan fingerprint density at radius 2 is 1.52 bits per heavy atom. The number of nitriles is 1. The predicted octanol–water partition coefficient (Wildman–Crippen LogP) is 3.01. The second-order valence-electron chi connectivity index (χ2n) is 9.02. The topological polar surface area (TPSA) is 89.0 Å². The Bertz CT molecular complexity index is 1870. The molecule has 0 aliphatic carbocycles. The van der Waals surface area contributed by atoms with Gasteiger partial charge in [-0.1, -0.05) is 48.5 Å². The van der Waals surface area contributed by atoms with Gasteiger partial charge >= 0.3 is 0 Å². The van der Waals surface area contributed by atoms with E-state index in [2.05, 4.69) is 21.2 Å². The number of para-hydroxylation sites is 2. The van der Waals surface area contributed by atoms with Crippen molar-refractivity contribution in [2.24, 2.45) is 0 Å². The van der Waals surface area contributed by atoms with Crippen molar-refractivity contribution in [3.05, 3.63) is 122 Å². The lowest BCUT2D eigenvalue weighted by Gasteiger charge is -2.28.